The quantitative estimate of drug-likeness (QED) is 0.619. The van der Waals surface area contributed by atoms with Crippen LogP contribution in [0.5, 0.6) is 0 Å². The zero-order chi connectivity index (χ0) is 17.1. The Morgan fingerprint density at radius 3 is 2.60 bits per heavy atom. The van der Waals surface area contributed by atoms with Gasteiger partial charge in [0, 0.05) is 29.7 Å². The maximum Gasteiger partial charge on any atom is 0.255 e. The van der Waals surface area contributed by atoms with Gasteiger partial charge in [-0.1, -0.05) is 18.2 Å². The van der Waals surface area contributed by atoms with Gasteiger partial charge in [-0.3, -0.25) is 14.2 Å². The van der Waals surface area contributed by atoms with E-state index in [0.29, 0.717) is 23.7 Å². The van der Waals surface area contributed by atoms with Crippen LogP contribution in [0.3, 0.4) is 0 Å². The third-order valence-electron chi connectivity index (χ3n) is 3.75. The number of hydrogen-bond acceptors (Lipinski definition) is 5. The van der Waals surface area contributed by atoms with Crippen LogP contribution < -0.4 is 5.32 Å². The lowest BCUT2D eigenvalue weighted by atomic mass is 10.1. The van der Waals surface area contributed by atoms with Crippen LogP contribution in [0, 0.1) is 0 Å². The van der Waals surface area contributed by atoms with Crippen molar-refractivity contribution in [3.05, 3.63) is 78.4 Å². The molecule has 4 rings (SSSR count). The van der Waals surface area contributed by atoms with E-state index < -0.39 is 0 Å². The maximum absolute atomic E-state index is 12.2. The molecule has 7 heteroatoms. The molecule has 122 valence electrons. The third kappa shape index (κ3) is 3.07. The van der Waals surface area contributed by atoms with Crippen LogP contribution in [-0.4, -0.2) is 30.5 Å². The van der Waals surface area contributed by atoms with Gasteiger partial charge in [-0.15, -0.1) is 10.2 Å². The number of hydrogen-bond donors (Lipinski definition) is 1. The molecule has 0 unspecified atom stereocenters. The number of pyridine rings is 1. The molecule has 25 heavy (non-hydrogen) atoms. The Balaban J connectivity index is 1.51. The van der Waals surface area contributed by atoms with Crippen LogP contribution in [0.2, 0.25) is 0 Å². The van der Waals surface area contributed by atoms with Crippen LogP contribution in [0.1, 0.15) is 16.1 Å². The van der Waals surface area contributed by atoms with E-state index in [4.69, 9.17) is 0 Å². The van der Waals surface area contributed by atoms with E-state index in [1.54, 1.807) is 28.9 Å². The first kappa shape index (κ1) is 14.9. The summed E-state index contributed by atoms with van der Waals surface area (Å²) in [5.74, 6) is 1.07. The number of carbonyl (C=O) groups is 1. The van der Waals surface area contributed by atoms with Crippen molar-refractivity contribution >= 4 is 11.7 Å². The van der Waals surface area contributed by atoms with Gasteiger partial charge in [-0.2, -0.15) is 0 Å². The Morgan fingerprint density at radius 1 is 0.960 bits per heavy atom. The molecule has 1 aromatic carbocycles. The average Bonchev–Trinajstić information content (AvgIpc) is 3.11. The summed E-state index contributed by atoms with van der Waals surface area (Å²) < 4.78 is 1.80. The molecule has 1 N–H and O–H groups in total. The minimum atomic E-state index is -0.148. The highest BCUT2D eigenvalue weighted by Gasteiger charge is 2.10. The molecule has 3 heterocycles. The molecule has 7 nitrogen and oxygen atoms in total. The summed E-state index contributed by atoms with van der Waals surface area (Å²) in [6.45, 7) is 0.391. The van der Waals surface area contributed by atoms with E-state index in [0.717, 1.165) is 11.3 Å². The maximum atomic E-state index is 12.2. The number of aromatic nitrogens is 5. The predicted molar refractivity (Wildman–Crippen MR) is 91.6 cm³/mol. The van der Waals surface area contributed by atoms with Crippen LogP contribution in [0.25, 0.3) is 17.2 Å². The Hall–Kier alpha value is -3.61. The fourth-order valence-corrected chi connectivity index (χ4v) is 2.49. The third-order valence-corrected chi connectivity index (χ3v) is 3.75. The minimum Gasteiger partial charge on any atom is -0.346 e. The standard InChI is InChI=1S/C18H14N6O/c25-17(21-12-15-4-1-2-9-19-15)14-7-5-13(6-8-14)16-22-23-18-20-10-3-11-24(16)18/h1-11H,12H2,(H,21,25). The molecule has 0 bridgehead atoms. The Labute approximate surface area is 143 Å². The van der Waals surface area contributed by atoms with Crippen molar-refractivity contribution in [3.63, 3.8) is 0 Å². The Bertz CT molecular complexity index is 1010. The molecule has 0 radical (unpaired) electrons. The van der Waals surface area contributed by atoms with E-state index >= 15 is 0 Å². The van der Waals surface area contributed by atoms with Gasteiger partial charge in [0.15, 0.2) is 5.82 Å². The van der Waals surface area contributed by atoms with Gasteiger partial charge in [-0.05, 0) is 30.3 Å². The number of amides is 1. The zero-order valence-electron chi connectivity index (χ0n) is 13.2. The Morgan fingerprint density at radius 2 is 1.80 bits per heavy atom. The number of nitrogens with one attached hydrogen (secondary N) is 1. The average molecular weight is 330 g/mol. The number of benzene rings is 1. The second-order valence-electron chi connectivity index (χ2n) is 5.39. The molecule has 0 spiro atoms. The van der Waals surface area contributed by atoms with E-state index in [2.05, 4.69) is 25.5 Å². The van der Waals surface area contributed by atoms with Gasteiger partial charge in [0.1, 0.15) is 0 Å². The van der Waals surface area contributed by atoms with Gasteiger partial charge in [0.05, 0.1) is 12.2 Å². The van der Waals surface area contributed by atoms with Crippen LogP contribution in [0.4, 0.5) is 0 Å². The van der Waals surface area contributed by atoms with Crippen molar-refractivity contribution in [3.8, 4) is 11.4 Å². The molecule has 0 aliphatic carbocycles. The van der Waals surface area contributed by atoms with Gasteiger partial charge >= 0.3 is 0 Å². The molecule has 0 atom stereocenters. The first-order chi connectivity index (χ1) is 12.3. The second kappa shape index (κ2) is 6.48. The smallest absolute Gasteiger partial charge is 0.255 e. The fraction of sp³-hybridized carbons (Fsp3) is 0.0556. The summed E-state index contributed by atoms with van der Waals surface area (Å²) in [6, 6.07) is 14.6. The topological polar surface area (TPSA) is 85.1 Å². The summed E-state index contributed by atoms with van der Waals surface area (Å²) in [4.78, 5) is 20.6. The molecular formula is C18H14N6O. The van der Waals surface area contributed by atoms with Gasteiger partial charge in [0.25, 0.3) is 11.7 Å². The predicted octanol–water partition coefficient (Wildman–Crippen LogP) is 2.12. The molecule has 1 amide bonds. The van der Waals surface area contributed by atoms with Crippen LogP contribution >= 0.6 is 0 Å². The number of fused-ring (bicyclic) bond motifs is 1. The lowest BCUT2D eigenvalue weighted by molar-refractivity contribution is 0.0950. The van der Waals surface area contributed by atoms with Crippen molar-refractivity contribution in [1.29, 1.82) is 0 Å². The van der Waals surface area contributed by atoms with Crippen molar-refractivity contribution in [2.24, 2.45) is 0 Å². The summed E-state index contributed by atoms with van der Waals surface area (Å²) in [7, 11) is 0. The van der Waals surface area contributed by atoms with E-state index in [-0.39, 0.29) is 5.91 Å². The summed E-state index contributed by atoms with van der Waals surface area (Å²) in [5, 5.41) is 11.0. The summed E-state index contributed by atoms with van der Waals surface area (Å²) in [5.41, 5.74) is 2.25. The lowest BCUT2D eigenvalue weighted by Crippen LogP contribution is -2.23. The second-order valence-corrected chi connectivity index (χ2v) is 5.39. The fourth-order valence-electron chi connectivity index (χ4n) is 2.49. The normalized spacial score (nSPS) is 10.7. The van der Waals surface area contributed by atoms with Crippen LogP contribution in [-0.2, 0) is 6.54 Å². The van der Waals surface area contributed by atoms with Crippen molar-refractivity contribution in [2.45, 2.75) is 6.54 Å². The first-order valence-electron chi connectivity index (χ1n) is 7.75. The molecule has 0 saturated carbocycles. The van der Waals surface area contributed by atoms with Crippen molar-refractivity contribution in [1.82, 2.24) is 29.9 Å². The molecule has 4 aromatic rings. The van der Waals surface area contributed by atoms with Crippen molar-refractivity contribution < 1.29 is 4.79 Å². The highest BCUT2D eigenvalue weighted by Crippen LogP contribution is 2.18. The van der Waals surface area contributed by atoms with Gasteiger partial charge in [0.2, 0.25) is 0 Å². The summed E-state index contributed by atoms with van der Waals surface area (Å²) >= 11 is 0. The van der Waals surface area contributed by atoms with Gasteiger partial charge < -0.3 is 5.32 Å². The first-order valence-corrected chi connectivity index (χ1v) is 7.75. The van der Waals surface area contributed by atoms with E-state index in [9.17, 15) is 4.79 Å². The largest absolute Gasteiger partial charge is 0.346 e. The summed E-state index contributed by atoms with van der Waals surface area (Å²) in [6.07, 6.45) is 5.22. The molecular weight excluding hydrogens is 316 g/mol. The van der Waals surface area contributed by atoms with Gasteiger partial charge in [-0.25, -0.2) is 4.98 Å². The SMILES string of the molecule is O=C(NCc1ccccn1)c1ccc(-c2nnc3ncccn23)cc1. The minimum absolute atomic E-state index is 0.148. The van der Waals surface area contributed by atoms with Crippen molar-refractivity contribution in [2.75, 3.05) is 0 Å². The highest BCUT2D eigenvalue weighted by atomic mass is 16.1. The van der Waals surface area contributed by atoms with E-state index in [1.165, 1.54) is 0 Å². The zero-order valence-corrected chi connectivity index (χ0v) is 13.2. The number of carbonyl (C=O) groups excluding carboxylic acids is 1. The number of nitrogens with zero attached hydrogens (tertiary/aromatic N) is 5. The van der Waals surface area contributed by atoms with Crippen LogP contribution in [0.15, 0.2) is 67.1 Å². The molecule has 0 aliphatic rings. The molecule has 3 aromatic heterocycles. The highest BCUT2D eigenvalue weighted by molar-refractivity contribution is 5.94. The molecule has 0 saturated heterocycles. The lowest BCUT2D eigenvalue weighted by Gasteiger charge is -2.05. The Kier molecular flexibility index (Phi) is 3.88. The molecule has 0 aliphatic heterocycles. The number of rotatable bonds is 4. The monoisotopic (exact) mass is 330 g/mol. The van der Waals surface area contributed by atoms with E-state index in [1.807, 2.05) is 42.6 Å². The molecule has 0 fully saturated rings.